The number of hydroxylamine groups is 2. The number of thiocarbonyl (C=S) groups is 1. The number of hydrogen-bond acceptors (Lipinski definition) is 4. The van der Waals surface area contributed by atoms with Crippen LogP contribution in [0, 0.1) is 0 Å². The molecule has 0 unspecified atom stereocenters. The molecule has 0 spiro atoms. The molecular formula is C10H17NO2S. The molecule has 0 atom stereocenters. The van der Waals surface area contributed by atoms with Crippen molar-refractivity contribution in [3.05, 3.63) is 24.4 Å². The van der Waals surface area contributed by atoms with Crippen molar-refractivity contribution in [2.75, 3.05) is 7.05 Å². The van der Waals surface area contributed by atoms with Crippen molar-refractivity contribution in [3.8, 4) is 0 Å². The second-order valence-corrected chi connectivity index (χ2v) is 2.26. The predicted molar refractivity (Wildman–Crippen MR) is 62.8 cm³/mol. The number of allylic oxidation sites excluding steroid dienone is 3. The molecule has 0 aliphatic rings. The van der Waals surface area contributed by atoms with Crippen LogP contribution in [0.25, 0.3) is 0 Å². The summed E-state index contributed by atoms with van der Waals surface area (Å²) in [5.74, 6) is -0.346. The van der Waals surface area contributed by atoms with Gasteiger partial charge in [-0.25, -0.2) is 5.06 Å². The van der Waals surface area contributed by atoms with Crippen LogP contribution in [0.1, 0.15) is 20.8 Å². The zero-order valence-electron chi connectivity index (χ0n) is 9.06. The van der Waals surface area contributed by atoms with Crippen molar-refractivity contribution in [1.29, 1.82) is 0 Å². The molecule has 0 fully saturated rings. The van der Waals surface area contributed by atoms with Crippen LogP contribution in [0.15, 0.2) is 24.4 Å². The Hall–Kier alpha value is -1.16. The van der Waals surface area contributed by atoms with Crippen molar-refractivity contribution in [2.24, 2.45) is 0 Å². The van der Waals surface area contributed by atoms with E-state index in [4.69, 9.17) is 0 Å². The topological polar surface area (TPSA) is 29.5 Å². The fraction of sp³-hybridized carbons (Fsp3) is 0.400. The van der Waals surface area contributed by atoms with Crippen molar-refractivity contribution in [2.45, 2.75) is 20.8 Å². The van der Waals surface area contributed by atoms with Crippen LogP contribution in [0.3, 0.4) is 0 Å². The fourth-order valence-corrected chi connectivity index (χ4v) is 0.604. The molecule has 0 heterocycles. The fourth-order valence-electron chi connectivity index (χ4n) is 0.514. The average molecular weight is 215 g/mol. The van der Waals surface area contributed by atoms with Gasteiger partial charge in [0.1, 0.15) is 0 Å². The van der Waals surface area contributed by atoms with Gasteiger partial charge in [0.15, 0.2) is 0 Å². The van der Waals surface area contributed by atoms with E-state index >= 15 is 0 Å². The second kappa shape index (κ2) is 11.8. The zero-order valence-corrected chi connectivity index (χ0v) is 9.88. The lowest BCUT2D eigenvalue weighted by molar-refractivity contribution is -0.170. The normalized spacial score (nSPS) is 9.43. The van der Waals surface area contributed by atoms with E-state index in [1.54, 1.807) is 31.5 Å². The lowest BCUT2D eigenvalue weighted by Crippen LogP contribution is -2.14. The third-order valence-corrected chi connectivity index (χ3v) is 1.03. The molecule has 0 aromatic rings. The Kier molecular flexibility index (Phi) is 13.0. The van der Waals surface area contributed by atoms with Crippen LogP contribution in [0.4, 0.5) is 0 Å². The van der Waals surface area contributed by atoms with Gasteiger partial charge in [-0.05, 0) is 6.08 Å². The van der Waals surface area contributed by atoms with Gasteiger partial charge in [-0.1, -0.05) is 38.2 Å². The molecular weight excluding hydrogens is 198 g/mol. The van der Waals surface area contributed by atoms with Crippen molar-refractivity contribution < 1.29 is 9.63 Å². The third-order valence-electron chi connectivity index (χ3n) is 0.869. The summed E-state index contributed by atoms with van der Waals surface area (Å²) in [5, 5.41) is 2.81. The van der Waals surface area contributed by atoms with Crippen LogP contribution in [0.5, 0.6) is 0 Å². The van der Waals surface area contributed by atoms with E-state index in [1.807, 2.05) is 13.8 Å². The highest BCUT2D eigenvalue weighted by Crippen LogP contribution is 1.87. The number of nitrogens with zero attached hydrogens (tertiary/aromatic N) is 1. The summed E-state index contributed by atoms with van der Waals surface area (Å²) >= 11 is 4.56. The Balaban J connectivity index is 0. The molecule has 0 aliphatic carbocycles. The van der Waals surface area contributed by atoms with Crippen LogP contribution in [0.2, 0.25) is 0 Å². The van der Waals surface area contributed by atoms with Gasteiger partial charge in [0.05, 0.1) is 0 Å². The molecule has 14 heavy (non-hydrogen) atoms. The van der Waals surface area contributed by atoms with Gasteiger partial charge in [-0.2, -0.15) is 0 Å². The highest BCUT2D eigenvalue weighted by Gasteiger charge is 1.93. The maximum absolute atomic E-state index is 10.4. The molecule has 4 heteroatoms. The standard InChI is InChI=1S/C8H11NO2S.C2H6/c1-8(10)11-9(2)6-4-3-5-7-12;1-2/h3-7H,1-2H3;1-2H3/b5-3-,6-4-;. The SMILES string of the molecule is CC.CC(=O)ON(C)/C=C\C=C/C=S. The molecule has 0 radical (unpaired) electrons. The van der Waals surface area contributed by atoms with E-state index in [0.717, 1.165) is 0 Å². The Morgan fingerprint density at radius 2 is 1.86 bits per heavy atom. The molecule has 0 bridgehead atoms. The lowest BCUT2D eigenvalue weighted by atomic mass is 10.5. The molecule has 0 aromatic carbocycles. The van der Waals surface area contributed by atoms with E-state index in [0.29, 0.717) is 0 Å². The minimum absolute atomic E-state index is 0.346. The van der Waals surface area contributed by atoms with E-state index in [2.05, 4.69) is 17.1 Å². The maximum Gasteiger partial charge on any atom is 0.329 e. The molecule has 0 N–H and O–H groups in total. The Bertz CT molecular complexity index is 212. The van der Waals surface area contributed by atoms with Crippen molar-refractivity contribution in [1.82, 2.24) is 5.06 Å². The quantitative estimate of drug-likeness (QED) is 0.312. The van der Waals surface area contributed by atoms with E-state index in [9.17, 15) is 4.79 Å². The molecule has 0 aromatic heterocycles. The van der Waals surface area contributed by atoms with Gasteiger partial charge in [0, 0.05) is 25.5 Å². The molecule has 0 saturated carbocycles. The molecule has 3 nitrogen and oxygen atoms in total. The first-order valence-electron chi connectivity index (χ1n) is 4.37. The molecule has 0 aliphatic heterocycles. The molecule has 80 valence electrons. The van der Waals surface area contributed by atoms with Gasteiger partial charge in [-0.15, -0.1) is 0 Å². The lowest BCUT2D eigenvalue weighted by Gasteiger charge is -2.10. The Morgan fingerprint density at radius 1 is 1.29 bits per heavy atom. The van der Waals surface area contributed by atoms with Crippen molar-refractivity contribution >= 4 is 23.6 Å². The van der Waals surface area contributed by atoms with Crippen LogP contribution >= 0.6 is 12.2 Å². The second-order valence-electron chi connectivity index (χ2n) is 1.99. The monoisotopic (exact) mass is 215 g/mol. The zero-order chi connectivity index (χ0) is 11.4. The minimum Gasteiger partial charge on any atom is -0.342 e. The van der Waals surface area contributed by atoms with E-state index < -0.39 is 0 Å². The summed E-state index contributed by atoms with van der Waals surface area (Å²) in [4.78, 5) is 15.1. The first kappa shape index (κ1) is 15.3. The summed E-state index contributed by atoms with van der Waals surface area (Å²) < 4.78 is 0. The maximum atomic E-state index is 10.4. The van der Waals surface area contributed by atoms with Crippen LogP contribution in [-0.2, 0) is 9.63 Å². The first-order valence-corrected chi connectivity index (χ1v) is 4.84. The van der Waals surface area contributed by atoms with Gasteiger partial charge in [-0.3, -0.25) is 4.79 Å². The highest BCUT2D eigenvalue weighted by atomic mass is 32.1. The van der Waals surface area contributed by atoms with Crippen molar-refractivity contribution in [3.63, 3.8) is 0 Å². The number of carbonyl (C=O) groups excluding carboxylic acids is 1. The number of carbonyl (C=O) groups is 1. The number of rotatable bonds is 4. The molecule has 0 rings (SSSR count). The summed E-state index contributed by atoms with van der Waals surface area (Å²) in [6.45, 7) is 5.34. The van der Waals surface area contributed by atoms with Gasteiger partial charge < -0.3 is 4.84 Å². The van der Waals surface area contributed by atoms with Gasteiger partial charge in [0.2, 0.25) is 0 Å². The third kappa shape index (κ3) is 13.4. The summed E-state index contributed by atoms with van der Waals surface area (Å²) in [6, 6.07) is 0. The minimum atomic E-state index is -0.346. The smallest absolute Gasteiger partial charge is 0.329 e. The molecule has 0 saturated heterocycles. The van der Waals surface area contributed by atoms with E-state index in [-0.39, 0.29) is 5.97 Å². The predicted octanol–water partition coefficient (Wildman–Crippen LogP) is 2.49. The van der Waals surface area contributed by atoms with E-state index in [1.165, 1.54) is 17.4 Å². The molecule has 0 amide bonds. The Labute approximate surface area is 91.0 Å². The van der Waals surface area contributed by atoms with Gasteiger partial charge >= 0.3 is 5.97 Å². The highest BCUT2D eigenvalue weighted by molar-refractivity contribution is 7.79. The number of hydrogen-bond donors (Lipinski definition) is 0. The Morgan fingerprint density at radius 3 is 2.29 bits per heavy atom. The first-order chi connectivity index (χ1) is 6.66. The average Bonchev–Trinajstić information content (AvgIpc) is 2.15. The largest absolute Gasteiger partial charge is 0.342 e. The van der Waals surface area contributed by atoms with Crippen LogP contribution < -0.4 is 0 Å². The summed E-state index contributed by atoms with van der Waals surface area (Å²) in [7, 11) is 1.63. The summed E-state index contributed by atoms with van der Waals surface area (Å²) in [5.41, 5.74) is 0. The summed E-state index contributed by atoms with van der Waals surface area (Å²) in [6.07, 6.45) is 6.77. The van der Waals surface area contributed by atoms with Gasteiger partial charge in [0.25, 0.3) is 0 Å². The van der Waals surface area contributed by atoms with Crippen LogP contribution in [-0.4, -0.2) is 23.4 Å².